The molecule has 1 unspecified atom stereocenters. The minimum atomic E-state index is -0.653. The fraction of sp³-hybridized carbons (Fsp3) is 0.524. The number of carbonyl (C=O) groups is 2. The molecule has 0 N–H and O–H groups in total. The van der Waals surface area contributed by atoms with Crippen molar-refractivity contribution < 1.29 is 19.1 Å². The van der Waals surface area contributed by atoms with E-state index in [2.05, 4.69) is 12.1 Å². The van der Waals surface area contributed by atoms with Crippen molar-refractivity contribution in [1.29, 1.82) is 0 Å². The van der Waals surface area contributed by atoms with E-state index in [-0.39, 0.29) is 23.9 Å². The summed E-state index contributed by atoms with van der Waals surface area (Å²) in [5, 5.41) is 0. The molecule has 3 heterocycles. The number of ether oxygens (including phenoxy) is 2. The molecule has 0 aromatic heterocycles. The summed E-state index contributed by atoms with van der Waals surface area (Å²) in [5.41, 5.74) is 0.545. The molecule has 2 fully saturated rings. The van der Waals surface area contributed by atoms with Crippen LogP contribution in [0.25, 0.3) is 0 Å². The third-order valence-electron chi connectivity index (χ3n) is 5.52. The van der Waals surface area contributed by atoms with Crippen molar-refractivity contribution in [3.8, 4) is 0 Å². The third kappa shape index (κ3) is 2.84. The first kappa shape index (κ1) is 17.3. The second-order valence-electron chi connectivity index (χ2n) is 7.92. The zero-order valence-corrected chi connectivity index (χ0v) is 15.3. The maximum atomic E-state index is 13.1. The molecule has 2 saturated heterocycles. The first-order valence-corrected chi connectivity index (χ1v) is 9.37. The lowest BCUT2D eigenvalue weighted by atomic mass is 9.77. The van der Waals surface area contributed by atoms with Crippen molar-refractivity contribution in [2.75, 3.05) is 19.7 Å². The van der Waals surface area contributed by atoms with Gasteiger partial charge in [-0.1, -0.05) is 56.3 Å². The van der Waals surface area contributed by atoms with Gasteiger partial charge in [-0.25, -0.2) is 0 Å². The Bertz CT molecular complexity index is 729. The molecule has 0 aliphatic carbocycles. The van der Waals surface area contributed by atoms with E-state index in [1.54, 1.807) is 0 Å². The second-order valence-corrected chi connectivity index (χ2v) is 7.92. The number of rotatable bonds is 6. The summed E-state index contributed by atoms with van der Waals surface area (Å²) in [6.07, 6.45) is 4.37. The largest absolute Gasteiger partial charge is 0.465 e. The highest BCUT2D eigenvalue weighted by Gasteiger charge is 2.67. The van der Waals surface area contributed by atoms with Crippen LogP contribution in [0.15, 0.2) is 42.5 Å². The molecule has 4 atom stereocenters. The van der Waals surface area contributed by atoms with Crippen LogP contribution in [0.2, 0.25) is 0 Å². The van der Waals surface area contributed by atoms with E-state index in [1.165, 1.54) is 5.56 Å². The lowest BCUT2D eigenvalue weighted by Crippen LogP contribution is -2.40. The fourth-order valence-electron chi connectivity index (χ4n) is 4.29. The molecular weight excluding hydrogens is 330 g/mol. The van der Waals surface area contributed by atoms with Crippen LogP contribution >= 0.6 is 0 Å². The number of carbonyl (C=O) groups excluding carboxylic acids is 2. The number of esters is 1. The lowest BCUT2D eigenvalue weighted by molar-refractivity contribution is -0.154. The van der Waals surface area contributed by atoms with Gasteiger partial charge in [-0.15, -0.1) is 0 Å². The molecule has 3 aliphatic heterocycles. The molecule has 0 saturated carbocycles. The normalized spacial score (nSPS) is 31.7. The molecule has 138 valence electrons. The van der Waals surface area contributed by atoms with Gasteiger partial charge in [0.05, 0.1) is 25.2 Å². The molecule has 5 nitrogen and oxygen atoms in total. The Kier molecular flexibility index (Phi) is 4.35. The van der Waals surface area contributed by atoms with Crippen LogP contribution in [0, 0.1) is 17.8 Å². The lowest BCUT2D eigenvalue weighted by Gasteiger charge is -2.23. The SMILES string of the molecule is CC(C)COC(=O)[C@H]1[C@H]2C=CC3(CN(CCc4ccccc4)C(=O)[C@@H]13)O2. The second kappa shape index (κ2) is 6.54. The summed E-state index contributed by atoms with van der Waals surface area (Å²) in [6.45, 7) is 5.52. The van der Waals surface area contributed by atoms with Gasteiger partial charge in [0.15, 0.2) is 0 Å². The van der Waals surface area contributed by atoms with Crippen molar-refractivity contribution in [3.63, 3.8) is 0 Å². The third-order valence-corrected chi connectivity index (χ3v) is 5.52. The molecule has 1 aromatic rings. The van der Waals surface area contributed by atoms with Gasteiger partial charge in [0.25, 0.3) is 0 Å². The van der Waals surface area contributed by atoms with Crippen LogP contribution in [-0.2, 0) is 25.5 Å². The van der Waals surface area contributed by atoms with Gasteiger partial charge in [0.2, 0.25) is 5.91 Å². The summed E-state index contributed by atoms with van der Waals surface area (Å²) in [7, 11) is 0. The predicted molar refractivity (Wildman–Crippen MR) is 96.2 cm³/mol. The molecule has 26 heavy (non-hydrogen) atoms. The van der Waals surface area contributed by atoms with Gasteiger partial charge in [0.1, 0.15) is 11.5 Å². The zero-order chi connectivity index (χ0) is 18.3. The Morgan fingerprint density at radius 3 is 2.85 bits per heavy atom. The minimum absolute atomic E-state index is 0.0132. The number of likely N-dealkylation sites (tertiary alicyclic amines) is 1. The van der Waals surface area contributed by atoms with Gasteiger partial charge in [0, 0.05) is 6.54 Å². The summed E-state index contributed by atoms with van der Waals surface area (Å²) >= 11 is 0. The van der Waals surface area contributed by atoms with E-state index in [4.69, 9.17) is 9.47 Å². The zero-order valence-electron chi connectivity index (χ0n) is 15.3. The van der Waals surface area contributed by atoms with E-state index in [1.807, 2.05) is 49.1 Å². The predicted octanol–water partition coefficient (Wildman–Crippen LogP) is 2.21. The molecule has 0 radical (unpaired) electrons. The number of benzene rings is 1. The number of amides is 1. The number of nitrogens with zero attached hydrogens (tertiary/aromatic N) is 1. The average molecular weight is 355 g/mol. The van der Waals surface area contributed by atoms with Gasteiger partial charge in [-0.05, 0) is 17.9 Å². The quantitative estimate of drug-likeness (QED) is 0.580. The Labute approximate surface area is 154 Å². The molecular formula is C21H25NO4. The highest BCUT2D eigenvalue weighted by atomic mass is 16.6. The standard InChI is InChI=1S/C21H25NO4/c1-14(2)12-25-20(24)17-16-8-10-21(26-16)13-22(19(23)18(17)21)11-9-15-6-4-3-5-7-15/h3-8,10,14,16-18H,9,11-13H2,1-2H3/t16-,17+,18-,21?/m1/s1. The highest BCUT2D eigenvalue weighted by Crippen LogP contribution is 2.52. The van der Waals surface area contributed by atoms with Crippen molar-refractivity contribution in [2.24, 2.45) is 17.8 Å². The van der Waals surface area contributed by atoms with Crippen molar-refractivity contribution in [1.82, 2.24) is 4.90 Å². The first-order chi connectivity index (χ1) is 12.5. The molecule has 1 amide bonds. The van der Waals surface area contributed by atoms with Crippen LogP contribution in [0.4, 0.5) is 0 Å². The number of fused-ring (bicyclic) bond motifs is 1. The van der Waals surface area contributed by atoms with Crippen molar-refractivity contribution in [2.45, 2.75) is 32.0 Å². The van der Waals surface area contributed by atoms with Gasteiger partial charge in [-0.2, -0.15) is 0 Å². The maximum absolute atomic E-state index is 13.1. The van der Waals surface area contributed by atoms with Crippen LogP contribution in [-0.4, -0.2) is 48.2 Å². The Hall–Kier alpha value is -2.14. The molecule has 1 spiro atoms. The topological polar surface area (TPSA) is 55.8 Å². The van der Waals surface area contributed by atoms with Gasteiger partial charge >= 0.3 is 5.97 Å². The first-order valence-electron chi connectivity index (χ1n) is 9.37. The fourth-order valence-corrected chi connectivity index (χ4v) is 4.29. The summed E-state index contributed by atoms with van der Waals surface area (Å²) in [5.74, 6) is -0.997. The molecule has 4 rings (SSSR count). The van der Waals surface area contributed by atoms with Crippen LogP contribution in [0.5, 0.6) is 0 Å². The molecule has 2 bridgehead atoms. The maximum Gasteiger partial charge on any atom is 0.312 e. The molecule has 5 heteroatoms. The molecule has 3 aliphatic rings. The van der Waals surface area contributed by atoms with E-state index in [0.29, 0.717) is 19.7 Å². The van der Waals surface area contributed by atoms with Crippen LogP contribution in [0.3, 0.4) is 0 Å². The Balaban J connectivity index is 1.47. The van der Waals surface area contributed by atoms with E-state index < -0.39 is 17.4 Å². The minimum Gasteiger partial charge on any atom is -0.465 e. The summed E-state index contributed by atoms with van der Waals surface area (Å²) in [4.78, 5) is 27.5. The Morgan fingerprint density at radius 1 is 1.35 bits per heavy atom. The number of hydrogen-bond acceptors (Lipinski definition) is 4. The summed E-state index contributed by atoms with van der Waals surface area (Å²) in [6, 6.07) is 10.1. The van der Waals surface area contributed by atoms with Crippen LogP contribution < -0.4 is 0 Å². The number of hydrogen-bond donors (Lipinski definition) is 0. The average Bonchev–Trinajstić information content (AvgIpc) is 3.27. The Morgan fingerprint density at radius 2 is 2.12 bits per heavy atom. The van der Waals surface area contributed by atoms with Crippen molar-refractivity contribution >= 4 is 11.9 Å². The van der Waals surface area contributed by atoms with Crippen LogP contribution in [0.1, 0.15) is 19.4 Å². The van der Waals surface area contributed by atoms with Crippen molar-refractivity contribution in [3.05, 3.63) is 48.0 Å². The van der Waals surface area contributed by atoms with Gasteiger partial charge in [-0.3, -0.25) is 9.59 Å². The van der Waals surface area contributed by atoms with Gasteiger partial charge < -0.3 is 14.4 Å². The monoisotopic (exact) mass is 355 g/mol. The molecule has 1 aromatic carbocycles. The van der Waals surface area contributed by atoms with E-state index in [0.717, 1.165) is 6.42 Å². The summed E-state index contributed by atoms with van der Waals surface area (Å²) < 4.78 is 11.5. The van der Waals surface area contributed by atoms with E-state index >= 15 is 0 Å². The highest BCUT2D eigenvalue weighted by molar-refractivity contribution is 5.91. The smallest absolute Gasteiger partial charge is 0.312 e. The van der Waals surface area contributed by atoms with E-state index in [9.17, 15) is 9.59 Å².